The topological polar surface area (TPSA) is 92.4 Å². The molecule has 144 valence electrons. The molecule has 7 nitrogen and oxygen atoms in total. The number of carbonyl (C=O) groups excluding carboxylic acids is 2. The highest BCUT2D eigenvalue weighted by atomic mass is 32.1. The molecule has 2 aromatic rings. The Bertz CT molecular complexity index is 826. The zero-order valence-corrected chi connectivity index (χ0v) is 16.5. The molecule has 1 aromatic carbocycles. The number of methoxy groups -OCH3 is 1. The Morgan fingerprint density at radius 2 is 2.04 bits per heavy atom. The van der Waals surface area contributed by atoms with Gasteiger partial charge in [0.25, 0.3) is 5.91 Å². The van der Waals surface area contributed by atoms with E-state index in [0.29, 0.717) is 17.0 Å². The van der Waals surface area contributed by atoms with E-state index < -0.39 is 0 Å². The lowest BCUT2D eigenvalue weighted by molar-refractivity contribution is 0.0960. The lowest BCUT2D eigenvalue weighted by Crippen LogP contribution is -2.31. The molecule has 3 N–H and O–H groups in total. The average Bonchev–Trinajstić information content (AvgIpc) is 3.11. The fraction of sp³-hybridized carbons (Fsp3) is 0.421. The summed E-state index contributed by atoms with van der Waals surface area (Å²) in [6, 6.07) is 4.40. The first kappa shape index (κ1) is 19.2. The van der Waals surface area contributed by atoms with Crippen molar-refractivity contribution in [3.63, 3.8) is 0 Å². The first-order valence-corrected chi connectivity index (χ1v) is 9.79. The van der Waals surface area contributed by atoms with Gasteiger partial charge in [-0.05, 0) is 50.8 Å². The molecular formula is C19H24N4O3S. The second-order valence-electron chi connectivity index (χ2n) is 6.44. The lowest BCUT2D eigenvalue weighted by Gasteiger charge is -2.14. The molecule has 0 unspecified atom stereocenters. The maximum Gasteiger partial charge on any atom is 0.319 e. The van der Waals surface area contributed by atoms with Crippen LogP contribution < -0.4 is 20.7 Å². The highest BCUT2D eigenvalue weighted by Gasteiger charge is 2.20. The number of hydrogen-bond acceptors (Lipinski definition) is 5. The molecule has 0 saturated heterocycles. The highest BCUT2D eigenvalue weighted by molar-refractivity contribution is 7.11. The largest absolute Gasteiger partial charge is 0.496 e. The fourth-order valence-corrected chi connectivity index (χ4v) is 4.24. The Balaban J connectivity index is 1.66. The molecule has 1 aromatic heterocycles. The van der Waals surface area contributed by atoms with Gasteiger partial charge in [-0.3, -0.25) is 4.79 Å². The van der Waals surface area contributed by atoms with Gasteiger partial charge >= 0.3 is 6.03 Å². The predicted octanol–water partition coefficient (Wildman–Crippen LogP) is 3.27. The maximum atomic E-state index is 12.4. The minimum absolute atomic E-state index is 0.183. The number of anilines is 1. The normalized spacial score (nSPS) is 14.0. The number of fused-ring (bicyclic) bond motifs is 1. The number of thiazole rings is 1. The van der Waals surface area contributed by atoms with E-state index in [1.165, 1.54) is 30.5 Å². The number of aromatic nitrogens is 1. The van der Waals surface area contributed by atoms with Crippen LogP contribution in [0.5, 0.6) is 5.75 Å². The van der Waals surface area contributed by atoms with E-state index in [2.05, 4.69) is 20.9 Å². The molecule has 1 aliphatic carbocycles. The summed E-state index contributed by atoms with van der Waals surface area (Å²) in [4.78, 5) is 30.4. The van der Waals surface area contributed by atoms with Crippen molar-refractivity contribution in [1.29, 1.82) is 0 Å². The third-order valence-corrected chi connectivity index (χ3v) is 5.85. The van der Waals surface area contributed by atoms with Crippen LogP contribution in [0.15, 0.2) is 18.2 Å². The van der Waals surface area contributed by atoms with Crippen molar-refractivity contribution in [2.75, 3.05) is 19.5 Å². The third-order valence-electron chi connectivity index (χ3n) is 4.51. The Hall–Kier alpha value is -2.61. The molecule has 1 heterocycles. The van der Waals surface area contributed by atoms with E-state index in [0.717, 1.165) is 17.8 Å². The van der Waals surface area contributed by atoms with Crippen LogP contribution in [0.4, 0.5) is 10.5 Å². The van der Waals surface area contributed by atoms with Gasteiger partial charge in [0.05, 0.1) is 24.4 Å². The Morgan fingerprint density at radius 1 is 1.26 bits per heavy atom. The standard InChI is InChI=1S/C19H24N4O3S/c1-11(18-23-14-6-4-5-7-16(14)27-18)21-19(25)22-12-8-9-15(26-3)13(10-12)17(24)20-2/h8-11H,4-7H2,1-3H3,(H,20,24)(H2,21,22,25)/t11-/m0/s1. The minimum atomic E-state index is -0.344. The monoisotopic (exact) mass is 388 g/mol. The second-order valence-corrected chi connectivity index (χ2v) is 7.56. The van der Waals surface area contributed by atoms with Crippen LogP contribution in [-0.4, -0.2) is 31.1 Å². The Morgan fingerprint density at radius 3 is 2.74 bits per heavy atom. The molecule has 0 saturated carbocycles. The summed E-state index contributed by atoms with van der Waals surface area (Å²) >= 11 is 1.68. The summed E-state index contributed by atoms with van der Waals surface area (Å²) in [6.07, 6.45) is 4.50. The number of benzene rings is 1. The first-order chi connectivity index (χ1) is 13.0. The van der Waals surface area contributed by atoms with Crippen molar-refractivity contribution >= 4 is 29.0 Å². The Kier molecular flexibility index (Phi) is 5.95. The molecular weight excluding hydrogens is 364 g/mol. The first-order valence-electron chi connectivity index (χ1n) is 8.98. The molecule has 3 amide bonds. The van der Waals surface area contributed by atoms with Gasteiger partial charge in [0.15, 0.2) is 0 Å². The molecule has 0 spiro atoms. The van der Waals surface area contributed by atoms with Crippen molar-refractivity contribution in [3.05, 3.63) is 39.3 Å². The molecule has 1 atom stereocenters. The average molecular weight is 388 g/mol. The second kappa shape index (κ2) is 8.39. The van der Waals surface area contributed by atoms with Crippen molar-refractivity contribution in [2.24, 2.45) is 0 Å². The molecule has 0 fully saturated rings. The van der Waals surface area contributed by atoms with Crippen LogP contribution >= 0.6 is 11.3 Å². The van der Waals surface area contributed by atoms with Crippen LogP contribution in [0.2, 0.25) is 0 Å². The SMILES string of the molecule is CNC(=O)c1cc(NC(=O)N[C@@H](C)c2nc3c(s2)CCCC3)ccc1OC. The van der Waals surface area contributed by atoms with Crippen molar-refractivity contribution in [2.45, 2.75) is 38.6 Å². The van der Waals surface area contributed by atoms with E-state index in [1.807, 2.05) is 6.92 Å². The van der Waals surface area contributed by atoms with E-state index in [-0.39, 0.29) is 18.0 Å². The fourth-order valence-electron chi connectivity index (χ4n) is 3.08. The molecule has 27 heavy (non-hydrogen) atoms. The summed E-state index contributed by atoms with van der Waals surface area (Å²) in [6.45, 7) is 1.92. The smallest absolute Gasteiger partial charge is 0.319 e. The number of amides is 3. The van der Waals surface area contributed by atoms with Gasteiger partial charge in [-0.1, -0.05) is 0 Å². The van der Waals surface area contributed by atoms with Gasteiger partial charge in [-0.2, -0.15) is 0 Å². The van der Waals surface area contributed by atoms with E-state index >= 15 is 0 Å². The van der Waals surface area contributed by atoms with Gasteiger partial charge in [0, 0.05) is 17.6 Å². The summed E-state index contributed by atoms with van der Waals surface area (Å²) in [7, 11) is 3.04. The summed E-state index contributed by atoms with van der Waals surface area (Å²) < 4.78 is 5.19. The van der Waals surface area contributed by atoms with Gasteiger partial charge in [-0.15, -0.1) is 11.3 Å². The van der Waals surface area contributed by atoms with Gasteiger partial charge in [-0.25, -0.2) is 9.78 Å². The summed E-state index contributed by atoms with van der Waals surface area (Å²) in [5, 5.41) is 9.17. The predicted molar refractivity (Wildman–Crippen MR) is 106 cm³/mol. The van der Waals surface area contributed by atoms with Crippen LogP contribution in [0, 0.1) is 0 Å². The molecule has 1 aliphatic rings. The molecule has 0 aliphatic heterocycles. The lowest BCUT2D eigenvalue weighted by atomic mass is 10.0. The van der Waals surface area contributed by atoms with Crippen molar-refractivity contribution in [1.82, 2.24) is 15.6 Å². The number of carbonyl (C=O) groups is 2. The number of nitrogens with one attached hydrogen (secondary N) is 3. The molecule has 3 rings (SSSR count). The van der Waals surface area contributed by atoms with Gasteiger partial charge < -0.3 is 20.7 Å². The molecule has 8 heteroatoms. The van der Waals surface area contributed by atoms with Crippen LogP contribution in [0.25, 0.3) is 0 Å². The van der Waals surface area contributed by atoms with E-state index in [1.54, 1.807) is 36.6 Å². The zero-order chi connectivity index (χ0) is 19.4. The maximum absolute atomic E-state index is 12.4. The minimum Gasteiger partial charge on any atom is -0.496 e. The van der Waals surface area contributed by atoms with E-state index in [9.17, 15) is 9.59 Å². The van der Waals surface area contributed by atoms with Gasteiger partial charge in [0.1, 0.15) is 10.8 Å². The number of aryl methyl sites for hydroxylation is 2. The number of hydrogen-bond donors (Lipinski definition) is 3. The number of rotatable bonds is 5. The number of urea groups is 1. The van der Waals surface area contributed by atoms with Crippen molar-refractivity contribution in [3.8, 4) is 5.75 Å². The summed E-state index contributed by atoms with van der Waals surface area (Å²) in [5.74, 6) is 0.166. The van der Waals surface area contributed by atoms with E-state index in [4.69, 9.17) is 4.74 Å². The van der Waals surface area contributed by atoms with Crippen LogP contribution in [-0.2, 0) is 12.8 Å². The number of ether oxygens (including phenoxy) is 1. The third kappa shape index (κ3) is 4.39. The summed E-state index contributed by atoms with van der Waals surface area (Å²) in [5.41, 5.74) is 2.05. The molecule has 0 bridgehead atoms. The van der Waals surface area contributed by atoms with Crippen LogP contribution in [0.3, 0.4) is 0 Å². The zero-order valence-electron chi connectivity index (χ0n) is 15.7. The van der Waals surface area contributed by atoms with Crippen LogP contribution in [0.1, 0.15) is 51.7 Å². The molecule has 0 radical (unpaired) electrons. The quantitative estimate of drug-likeness (QED) is 0.733. The number of nitrogens with zero attached hydrogens (tertiary/aromatic N) is 1. The van der Waals surface area contributed by atoms with Crippen molar-refractivity contribution < 1.29 is 14.3 Å². The van der Waals surface area contributed by atoms with Gasteiger partial charge in [0.2, 0.25) is 0 Å². The highest BCUT2D eigenvalue weighted by Crippen LogP contribution is 2.30. The Labute approximate surface area is 162 Å².